The van der Waals surface area contributed by atoms with Gasteiger partial charge in [0.1, 0.15) is 34.6 Å². The predicted octanol–water partition coefficient (Wildman–Crippen LogP) is 2.01. The van der Waals surface area contributed by atoms with E-state index < -0.39 is 16.6 Å². The van der Waals surface area contributed by atoms with Crippen molar-refractivity contribution in [3.05, 3.63) is 29.6 Å². The molecule has 1 unspecified atom stereocenters. The molecule has 6 heteroatoms. The maximum Gasteiger partial charge on any atom is 0.322 e. The molecule has 1 atom stereocenters. The Labute approximate surface area is 106 Å². The van der Waals surface area contributed by atoms with Crippen molar-refractivity contribution >= 4 is 21.9 Å². The van der Waals surface area contributed by atoms with Crippen LogP contribution in [0.15, 0.2) is 18.2 Å². The number of halogens is 2. The zero-order valence-corrected chi connectivity index (χ0v) is 10.5. The van der Waals surface area contributed by atoms with E-state index in [2.05, 4.69) is 20.7 Å². The van der Waals surface area contributed by atoms with Gasteiger partial charge in [0.15, 0.2) is 0 Å². The first kappa shape index (κ1) is 13.5. The third-order valence-corrected chi connectivity index (χ3v) is 2.57. The topological polar surface area (TPSA) is 59.3 Å². The maximum atomic E-state index is 13.2. The molecule has 90 valence electrons. The molecule has 0 amide bonds. The number of carbonyl (C=O) groups is 1. The number of nitriles is 1. The number of alkyl halides is 1. The molecule has 0 spiro atoms. The lowest BCUT2D eigenvalue weighted by Gasteiger charge is -2.11. The number of hydrogen-bond donors (Lipinski definition) is 0. The van der Waals surface area contributed by atoms with Gasteiger partial charge in [-0.3, -0.25) is 4.79 Å². The zero-order valence-electron chi connectivity index (χ0n) is 8.94. The number of benzene rings is 1. The molecule has 0 aliphatic heterocycles. The third-order valence-electron chi connectivity index (χ3n) is 1.93. The van der Waals surface area contributed by atoms with Crippen LogP contribution in [0.4, 0.5) is 4.39 Å². The van der Waals surface area contributed by atoms with Gasteiger partial charge in [-0.05, 0) is 12.1 Å². The summed E-state index contributed by atoms with van der Waals surface area (Å²) in [5.74, 6) is -1.06. The Hall–Kier alpha value is -1.61. The van der Waals surface area contributed by atoms with Crippen LogP contribution >= 0.6 is 15.9 Å². The van der Waals surface area contributed by atoms with Crippen LogP contribution in [0.2, 0.25) is 0 Å². The van der Waals surface area contributed by atoms with E-state index in [4.69, 9.17) is 10.00 Å². The number of esters is 1. The summed E-state index contributed by atoms with van der Waals surface area (Å²) in [6.07, 6.45) is 0. The van der Waals surface area contributed by atoms with Gasteiger partial charge in [-0.1, -0.05) is 22.0 Å². The average molecular weight is 302 g/mol. The Kier molecular flexibility index (Phi) is 4.91. The monoisotopic (exact) mass is 301 g/mol. The SMILES string of the molecule is COC(=O)C(Br)COc1cccc(F)c1C#N. The summed E-state index contributed by atoms with van der Waals surface area (Å²) < 4.78 is 22.9. The van der Waals surface area contributed by atoms with Gasteiger partial charge in [-0.2, -0.15) is 5.26 Å². The molecular weight excluding hydrogens is 293 g/mol. The van der Waals surface area contributed by atoms with Crippen molar-refractivity contribution in [1.82, 2.24) is 0 Å². The van der Waals surface area contributed by atoms with Gasteiger partial charge in [-0.25, -0.2) is 4.39 Å². The van der Waals surface area contributed by atoms with Crippen LogP contribution in [0.5, 0.6) is 5.75 Å². The normalized spacial score (nSPS) is 11.4. The van der Waals surface area contributed by atoms with Crippen molar-refractivity contribution in [2.24, 2.45) is 0 Å². The molecule has 0 aromatic heterocycles. The van der Waals surface area contributed by atoms with Crippen LogP contribution in [0.3, 0.4) is 0 Å². The standard InChI is InChI=1S/C11H9BrFNO3/c1-16-11(15)8(12)6-17-10-4-2-3-9(13)7(10)5-14/h2-4,8H,6H2,1H3. The number of methoxy groups -OCH3 is 1. The first-order valence-electron chi connectivity index (χ1n) is 4.63. The Morgan fingerprint density at radius 3 is 2.94 bits per heavy atom. The molecule has 0 saturated carbocycles. The Bertz CT molecular complexity index is 459. The van der Waals surface area contributed by atoms with E-state index in [9.17, 15) is 9.18 Å². The molecule has 0 saturated heterocycles. The molecular formula is C11H9BrFNO3. The summed E-state index contributed by atoms with van der Waals surface area (Å²) in [6, 6.07) is 5.74. The average Bonchev–Trinajstić information content (AvgIpc) is 2.34. The lowest BCUT2D eigenvalue weighted by molar-refractivity contribution is -0.140. The first-order valence-corrected chi connectivity index (χ1v) is 5.55. The van der Waals surface area contributed by atoms with Crippen LogP contribution in [0.25, 0.3) is 0 Å². The van der Waals surface area contributed by atoms with Gasteiger partial charge in [0.25, 0.3) is 0 Å². The van der Waals surface area contributed by atoms with Crippen molar-refractivity contribution in [2.75, 3.05) is 13.7 Å². The number of hydrogen-bond acceptors (Lipinski definition) is 4. The summed E-state index contributed by atoms with van der Waals surface area (Å²) >= 11 is 3.05. The van der Waals surface area contributed by atoms with Gasteiger partial charge in [0.05, 0.1) is 7.11 Å². The predicted molar refractivity (Wildman–Crippen MR) is 61.3 cm³/mol. The van der Waals surface area contributed by atoms with Gasteiger partial charge in [-0.15, -0.1) is 0 Å². The lowest BCUT2D eigenvalue weighted by atomic mass is 10.2. The highest BCUT2D eigenvalue weighted by molar-refractivity contribution is 9.10. The van der Waals surface area contributed by atoms with Crippen molar-refractivity contribution in [3.8, 4) is 11.8 Å². The second-order valence-corrected chi connectivity index (χ2v) is 4.13. The highest BCUT2D eigenvalue weighted by Gasteiger charge is 2.17. The molecule has 1 aromatic carbocycles. The van der Waals surface area contributed by atoms with E-state index in [0.717, 1.165) is 6.07 Å². The summed E-state index contributed by atoms with van der Waals surface area (Å²) in [7, 11) is 1.25. The maximum absolute atomic E-state index is 13.2. The lowest BCUT2D eigenvalue weighted by Crippen LogP contribution is -2.23. The van der Waals surface area contributed by atoms with E-state index in [0.29, 0.717) is 0 Å². The van der Waals surface area contributed by atoms with Crippen LogP contribution in [0.1, 0.15) is 5.56 Å². The zero-order chi connectivity index (χ0) is 12.8. The summed E-state index contributed by atoms with van der Waals surface area (Å²) in [6.45, 7) is -0.0508. The molecule has 0 radical (unpaired) electrons. The van der Waals surface area contributed by atoms with E-state index >= 15 is 0 Å². The molecule has 0 aliphatic rings. The van der Waals surface area contributed by atoms with Gasteiger partial charge in [0.2, 0.25) is 0 Å². The van der Waals surface area contributed by atoms with Crippen molar-refractivity contribution in [1.29, 1.82) is 5.26 Å². The Morgan fingerprint density at radius 1 is 1.65 bits per heavy atom. The third kappa shape index (κ3) is 3.43. The number of ether oxygens (including phenoxy) is 2. The fraction of sp³-hybridized carbons (Fsp3) is 0.273. The van der Waals surface area contributed by atoms with E-state index in [1.807, 2.05) is 0 Å². The van der Waals surface area contributed by atoms with Gasteiger partial charge < -0.3 is 9.47 Å². The summed E-state index contributed by atoms with van der Waals surface area (Å²) in [5.41, 5.74) is -0.183. The van der Waals surface area contributed by atoms with Crippen LogP contribution < -0.4 is 4.74 Å². The van der Waals surface area contributed by atoms with Crippen molar-refractivity contribution in [2.45, 2.75) is 4.83 Å². The summed E-state index contributed by atoms with van der Waals surface area (Å²) in [5, 5.41) is 8.75. The number of rotatable bonds is 4. The van der Waals surface area contributed by atoms with Crippen LogP contribution in [0, 0.1) is 17.1 Å². The second-order valence-electron chi connectivity index (χ2n) is 3.03. The van der Waals surface area contributed by atoms with Crippen LogP contribution in [-0.2, 0) is 9.53 Å². The molecule has 4 nitrogen and oxygen atoms in total. The minimum absolute atomic E-state index is 0.0508. The first-order chi connectivity index (χ1) is 8.10. The molecule has 0 heterocycles. The Balaban J connectivity index is 2.74. The molecule has 1 aromatic rings. The van der Waals surface area contributed by atoms with Crippen molar-refractivity contribution in [3.63, 3.8) is 0 Å². The second kappa shape index (κ2) is 6.21. The molecule has 0 fully saturated rings. The molecule has 0 aliphatic carbocycles. The highest BCUT2D eigenvalue weighted by atomic mass is 79.9. The molecule has 0 bridgehead atoms. The number of carbonyl (C=O) groups excluding carboxylic acids is 1. The van der Waals surface area contributed by atoms with E-state index in [1.165, 1.54) is 19.2 Å². The van der Waals surface area contributed by atoms with Crippen molar-refractivity contribution < 1.29 is 18.7 Å². The quantitative estimate of drug-likeness (QED) is 0.630. The fourth-order valence-electron chi connectivity index (χ4n) is 1.09. The highest BCUT2D eigenvalue weighted by Crippen LogP contribution is 2.21. The largest absolute Gasteiger partial charge is 0.490 e. The summed E-state index contributed by atoms with van der Waals surface area (Å²) in [4.78, 5) is 10.4. The van der Waals surface area contributed by atoms with E-state index in [1.54, 1.807) is 6.07 Å². The smallest absolute Gasteiger partial charge is 0.322 e. The van der Waals surface area contributed by atoms with Crippen LogP contribution in [-0.4, -0.2) is 24.5 Å². The van der Waals surface area contributed by atoms with E-state index in [-0.39, 0.29) is 17.9 Å². The molecule has 1 rings (SSSR count). The van der Waals surface area contributed by atoms with Gasteiger partial charge >= 0.3 is 5.97 Å². The minimum Gasteiger partial charge on any atom is -0.490 e. The molecule has 17 heavy (non-hydrogen) atoms. The molecule has 0 N–H and O–H groups in total. The Morgan fingerprint density at radius 2 is 2.35 bits per heavy atom. The fourth-order valence-corrected chi connectivity index (χ4v) is 1.41. The minimum atomic E-state index is -0.665. The number of nitrogens with zero attached hydrogens (tertiary/aromatic N) is 1. The van der Waals surface area contributed by atoms with Gasteiger partial charge in [0, 0.05) is 0 Å².